The molecule has 5 nitrogen and oxygen atoms in total. The van der Waals surface area contributed by atoms with Crippen molar-refractivity contribution < 1.29 is 8.42 Å². The fraction of sp³-hybridized carbons (Fsp3) is 0.333. The Hall–Kier alpha value is -2.31. The number of fused-ring (bicyclic) bond motifs is 1. The van der Waals surface area contributed by atoms with Crippen LogP contribution < -0.4 is 5.73 Å². The molecule has 0 bridgehead atoms. The monoisotopic (exact) mass is 383 g/mol. The zero-order chi connectivity index (χ0) is 19.0. The molecular weight excluding hydrogens is 358 g/mol. The van der Waals surface area contributed by atoms with Crippen LogP contribution in [0.2, 0.25) is 0 Å². The van der Waals surface area contributed by atoms with Crippen LogP contribution in [0.5, 0.6) is 0 Å². The van der Waals surface area contributed by atoms with Gasteiger partial charge in [-0.25, -0.2) is 12.7 Å². The van der Waals surface area contributed by atoms with Crippen molar-refractivity contribution in [3.8, 4) is 11.1 Å². The van der Waals surface area contributed by atoms with Crippen LogP contribution in [-0.2, 0) is 16.6 Å². The zero-order valence-electron chi connectivity index (χ0n) is 15.5. The fourth-order valence-corrected chi connectivity index (χ4v) is 4.85. The van der Waals surface area contributed by atoms with E-state index in [0.29, 0.717) is 19.1 Å². The smallest absolute Gasteiger partial charge is 0.211 e. The molecule has 1 saturated heterocycles. The molecule has 0 atom stereocenters. The number of nitrogens with two attached hydrogens (primary N) is 1. The Morgan fingerprint density at radius 2 is 1.78 bits per heavy atom. The summed E-state index contributed by atoms with van der Waals surface area (Å²) in [6.45, 7) is 2.08. The van der Waals surface area contributed by atoms with Gasteiger partial charge in [0.15, 0.2) is 0 Å². The molecule has 4 rings (SSSR count). The molecular formula is C21H25N3O2S. The van der Waals surface area contributed by atoms with Gasteiger partial charge in [0, 0.05) is 37.6 Å². The van der Waals surface area contributed by atoms with Crippen LogP contribution >= 0.6 is 0 Å². The Kier molecular flexibility index (Phi) is 4.70. The summed E-state index contributed by atoms with van der Waals surface area (Å²) in [5, 5.41) is 0. The van der Waals surface area contributed by atoms with E-state index in [1.54, 1.807) is 4.31 Å². The van der Waals surface area contributed by atoms with Gasteiger partial charge in [-0.15, -0.1) is 0 Å². The summed E-state index contributed by atoms with van der Waals surface area (Å²) >= 11 is 0. The molecule has 2 aromatic carbocycles. The third-order valence-electron chi connectivity index (χ3n) is 5.53. The first-order chi connectivity index (χ1) is 12.9. The maximum atomic E-state index is 11.7. The number of rotatable bonds is 3. The van der Waals surface area contributed by atoms with E-state index in [2.05, 4.69) is 41.4 Å². The number of nitrogens with zero attached hydrogens (tertiary/aromatic N) is 2. The summed E-state index contributed by atoms with van der Waals surface area (Å²) < 4.78 is 25.0. The summed E-state index contributed by atoms with van der Waals surface area (Å²) in [5.41, 5.74) is 11.5. The number of nitrogen functional groups attached to an aromatic ring is 1. The van der Waals surface area contributed by atoms with Crippen molar-refractivity contribution in [2.45, 2.75) is 25.4 Å². The van der Waals surface area contributed by atoms with Gasteiger partial charge in [-0.1, -0.05) is 24.3 Å². The van der Waals surface area contributed by atoms with Crippen LogP contribution in [0.15, 0.2) is 48.7 Å². The molecule has 2 aromatic rings. The van der Waals surface area contributed by atoms with Crippen LogP contribution in [0.3, 0.4) is 0 Å². The Morgan fingerprint density at radius 3 is 2.48 bits per heavy atom. The average Bonchev–Trinajstić information content (AvgIpc) is 2.66. The lowest BCUT2D eigenvalue weighted by atomic mass is 9.95. The van der Waals surface area contributed by atoms with Crippen molar-refractivity contribution in [2.75, 3.05) is 25.1 Å². The molecule has 0 spiro atoms. The molecule has 0 aliphatic carbocycles. The largest absolute Gasteiger partial charge is 0.399 e. The molecule has 0 radical (unpaired) electrons. The lowest BCUT2D eigenvalue weighted by Gasteiger charge is -2.38. The molecule has 0 amide bonds. The Balaban J connectivity index is 1.48. The van der Waals surface area contributed by atoms with E-state index in [0.717, 1.165) is 30.6 Å². The van der Waals surface area contributed by atoms with Crippen molar-refractivity contribution >= 4 is 21.8 Å². The molecule has 2 aliphatic heterocycles. The van der Waals surface area contributed by atoms with Crippen molar-refractivity contribution in [3.63, 3.8) is 0 Å². The Bertz CT molecular complexity index is 977. The number of hydrogen-bond acceptors (Lipinski definition) is 4. The first kappa shape index (κ1) is 18.1. The van der Waals surface area contributed by atoms with Gasteiger partial charge in [-0.2, -0.15) is 0 Å². The van der Waals surface area contributed by atoms with E-state index in [1.807, 2.05) is 18.2 Å². The summed E-state index contributed by atoms with van der Waals surface area (Å²) in [7, 11) is -3.08. The highest BCUT2D eigenvalue weighted by Crippen LogP contribution is 2.30. The number of anilines is 1. The van der Waals surface area contributed by atoms with E-state index in [9.17, 15) is 8.42 Å². The fourth-order valence-electron chi connectivity index (χ4n) is 3.97. The van der Waals surface area contributed by atoms with Crippen LogP contribution in [0, 0.1) is 0 Å². The van der Waals surface area contributed by atoms with E-state index in [1.165, 1.54) is 22.9 Å². The molecule has 0 saturated carbocycles. The van der Waals surface area contributed by atoms with E-state index < -0.39 is 10.0 Å². The number of piperidine rings is 1. The minimum absolute atomic E-state index is 0.390. The summed E-state index contributed by atoms with van der Waals surface area (Å²) in [6.07, 6.45) is 7.36. The predicted octanol–water partition coefficient (Wildman–Crippen LogP) is 3.15. The van der Waals surface area contributed by atoms with Gasteiger partial charge in [-0.05, 0) is 59.4 Å². The number of sulfonamides is 1. The topological polar surface area (TPSA) is 66.6 Å². The maximum Gasteiger partial charge on any atom is 0.211 e. The highest BCUT2D eigenvalue weighted by molar-refractivity contribution is 7.88. The van der Waals surface area contributed by atoms with Crippen molar-refractivity contribution in [1.29, 1.82) is 0 Å². The molecule has 142 valence electrons. The van der Waals surface area contributed by atoms with Gasteiger partial charge < -0.3 is 10.6 Å². The van der Waals surface area contributed by atoms with Gasteiger partial charge in [0.1, 0.15) is 0 Å². The third kappa shape index (κ3) is 3.87. The summed E-state index contributed by atoms with van der Waals surface area (Å²) in [6, 6.07) is 14.9. The molecule has 2 N–H and O–H groups in total. The minimum Gasteiger partial charge on any atom is -0.399 e. The zero-order valence-corrected chi connectivity index (χ0v) is 16.3. The predicted molar refractivity (Wildman–Crippen MR) is 110 cm³/mol. The van der Waals surface area contributed by atoms with Crippen molar-refractivity contribution in [1.82, 2.24) is 9.21 Å². The van der Waals surface area contributed by atoms with Crippen LogP contribution in [0.1, 0.15) is 24.0 Å². The second-order valence-electron chi connectivity index (χ2n) is 7.42. The molecule has 0 aromatic heterocycles. The van der Waals surface area contributed by atoms with Crippen LogP contribution in [0.4, 0.5) is 5.69 Å². The lowest BCUT2D eigenvalue weighted by molar-refractivity contribution is 0.183. The molecule has 2 heterocycles. The van der Waals surface area contributed by atoms with Crippen LogP contribution in [0.25, 0.3) is 17.2 Å². The first-order valence-corrected chi connectivity index (χ1v) is 11.1. The number of hydrogen-bond donors (Lipinski definition) is 1. The normalized spacial score (nSPS) is 18.5. The molecule has 27 heavy (non-hydrogen) atoms. The van der Waals surface area contributed by atoms with Crippen molar-refractivity contribution in [2.24, 2.45) is 0 Å². The first-order valence-electron chi connectivity index (χ1n) is 9.28. The lowest BCUT2D eigenvalue weighted by Crippen LogP contribution is -2.45. The average molecular weight is 384 g/mol. The van der Waals surface area contributed by atoms with Gasteiger partial charge in [-0.3, -0.25) is 0 Å². The molecule has 1 fully saturated rings. The SMILES string of the molecule is CS(=O)(=O)N1CCC(N2C=Cc3cc(-c4cccc(N)c4)ccc3C2)CC1. The van der Waals surface area contributed by atoms with Gasteiger partial charge >= 0.3 is 0 Å². The van der Waals surface area contributed by atoms with Crippen LogP contribution in [-0.4, -0.2) is 43.0 Å². The molecule has 6 heteroatoms. The number of benzene rings is 2. The van der Waals surface area contributed by atoms with E-state index in [4.69, 9.17) is 5.73 Å². The second kappa shape index (κ2) is 7.02. The summed E-state index contributed by atoms with van der Waals surface area (Å²) in [4.78, 5) is 2.35. The highest BCUT2D eigenvalue weighted by Gasteiger charge is 2.28. The van der Waals surface area contributed by atoms with Gasteiger partial charge in [0.05, 0.1) is 6.26 Å². The van der Waals surface area contributed by atoms with Gasteiger partial charge in [0.25, 0.3) is 0 Å². The highest BCUT2D eigenvalue weighted by atomic mass is 32.2. The van der Waals surface area contributed by atoms with E-state index >= 15 is 0 Å². The Morgan fingerprint density at radius 1 is 1.04 bits per heavy atom. The second-order valence-corrected chi connectivity index (χ2v) is 9.40. The Labute approximate surface area is 161 Å². The molecule has 2 aliphatic rings. The van der Waals surface area contributed by atoms with Gasteiger partial charge in [0.2, 0.25) is 10.0 Å². The standard InChI is InChI=1S/C21H25N3O2S/c1-27(25,26)24-11-8-21(9-12-24)23-10-7-18-13-17(5-6-19(18)15-23)16-3-2-4-20(22)14-16/h2-7,10,13-14,21H,8-9,11-12,15,22H2,1H3. The maximum absolute atomic E-state index is 11.7. The summed E-state index contributed by atoms with van der Waals surface area (Å²) in [5.74, 6) is 0. The minimum atomic E-state index is -3.08. The quantitative estimate of drug-likeness (QED) is 0.827. The van der Waals surface area contributed by atoms with E-state index in [-0.39, 0.29) is 0 Å². The third-order valence-corrected chi connectivity index (χ3v) is 6.83. The molecule has 0 unspecified atom stereocenters. The van der Waals surface area contributed by atoms with Crippen molar-refractivity contribution in [3.05, 3.63) is 59.8 Å².